The third kappa shape index (κ3) is 5.29. The Morgan fingerprint density at radius 3 is 2.62 bits per heavy atom. The Labute approximate surface area is 171 Å². The molecule has 0 aliphatic rings. The number of hydrogen-bond donors (Lipinski definition) is 1. The molecule has 0 aliphatic heterocycles. The van der Waals surface area contributed by atoms with Gasteiger partial charge in [-0.05, 0) is 11.6 Å². The third-order valence-corrected chi connectivity index (χ3v) is 4.98. The van der Waals surface area contributed by atoms with Crippen LogP contribution in [0.4, 0.5) is 11.4 Å². The number of nitrogens with zero attached hydrogens (tertiary/aromatic N) is 4. The van der Waals surface area contributed by atoms with Crippen LogP contribution in [0.2, 0.25) is 0 Å². The molecule has 0 saturated carbocycles. The van der Waals surface area contributed by atoms with Crippen molar-refractivity contribution in [2.24, 2.45) is 0 Å². The molecular formula is C20H19N5O3S. The summed E-state index contributed by atoms with van der Waals surface area (Å²) in [6, 6.07) is 15.9. The van der Waals surface area contributed by atoms with Gasteiger partial charge in [0.05, 0.1) is 10.7 Å². The summed E-state index contributed by atoms with van der Waals surface area (Å²) in [5, 5.41) is 22.7. The molecule has 0 fully saturated rings. The molecular weight excluding hydrogens is 390 g/mol. The van der Waals surface area contributed by atoms with Gasteiger partial charge in [0.25, 0.3) is 5.69 Å². The van der Waals surface area contributed by atoms with Crippen LogP contribution in [0, 0.1) is 10.1 Å². The summed E-state index contributed by atoms with van der Waals surface area (Å²) in [5.74, 6) is 0.465. The van der Waals surface area contributed by atoms with Crippen molar-refractivity contribution in [1.29, 1.82) is 0 Å². The van der Waals surface area contributed by atoms with E-state index in [0.717, 1.165) is 11.4 Å². The molecule has 1 aromatic heterocycles. The Hall–Kier alpha value is -3.46. The van der Waals surface area contributed by atoms with E-state index < -0.39 is 4.92 Å². The largest absolute Gasteiger partial charge is 0.320 e. The number of nitro groups is 1. The molecule has 3 rings (SSSR count). The minimum atomic E-state index is -0.528. The molecule has 0 atom stereocenters. The molecule has 8 nitrogen and oxygen atoms in total. The van der Waals surface area contributed by atoms with Gasteiger partial charge in [0.15, 0.2) is 5.16 Å². The molecule has 0 radical (unpaired) electrons. The molecule has 1 amide bonds. The second kappa shape index (κ2) is 9.65. The molecule has 0 spiro atoms. The molecule has 0 unspecified atom stereocenters. The fourth-order valence-electron chi connectivity index (χ4n) is 2.70. The fourth-order valence-corrected chi connectivity index (χ4v) is 3.47. The Kier molecular flexibility index (Phi) is 6.75. The molecule has 0 bridgehead atoms. The molecule has 0 aliphatic carbocycles. The van der Waals surface area contributed by atoms with Gasteiger partial charge in [-0.2, -0.15) is 0 Å². The van der Waals surface area contributed by atoms with Crippen molar-refractivity contribution in [3.05, 3.63) is 88.8 Å². The Balaban J connectivity index is 1.68. The van der Waals surface area contributed by atoms with Crippen LogP contribution in [-0.4, -0.2) is 31.3 Å². The van der Waals surface area contributed by atoms with Crippen LogP contribution in [0.15, 0.2) is 72.4 Å². The number of hydrogen-bond acceptors (Lipinski definition) is 6. The first-order chi connectivity index (χ1) is 14.1. The van der Waals surface area contributed by atoms with Crippen LogP contribution in [-0.2, 0) is 17.8 Å². The fraction of sp³-hybridized carbons (Fsp3) is 0.150. The highest BCUT2D eigenvalue weighted by molar-refractivity contribution is 7.99. The molecule has 1 heterocycles. The maximum atomic E-state index is 12.3. The zero-order valence-electron chi connectivity index (χ0n) is 15.5. The number of aromatic nitrogens is 3. The highest BCUT2D eigenvalue weighted by atomic mass is 32.2. The topological polar surface area (TPSA) is 103 Å². The number of para-hydroxylation sites is 2. The third-order valence-electron chi connectivity index (χ3n) is 4.02. The number of nitrogens with one attached hydrogen (secondary N) is 1. The summed E-state index contributed by atoms with van der Waals surface area (Å²) >= 11 is 1.22. The van der Waals surface area contributed by atoms with Crippen LogP contribution >= 0.6 is 11.8 Å². The van der Waals surface area contributed by atoms with Crippen LogP contribution in [0.25, 0.3) is 0 Å². The van der Waals surface area contributed by atoms with Crippen LogP contribution in [0.1, 0.15) is 11.4 Å². The monoisotopic (exact) mass is 409 g/mol. The van der Waals surface area contributed by atoms with E-state index in [-0.39, 0.29) is 23.0 Å². The number of nitro benzene ring substituents is 1. The number of carbonyl (C=O) groups excluding carboxylic acids is 1. The Morgan fingerprint density at radius 1 is 1.17 bits per heavy atom. The molecule has 0 saturated heterocycles. The van der Waals surface area contributed by atoms with E-state index in [1.807, 2.05) is 34.9 Å². The molecule has 3 aromatic rings. The van der Waals surface area contributed by atoms with Crippen molar-refractivity contribution in [2.75, 3.05) is 11.1 Å². The SMILES string of the molecule is C=CCn1c(Cc2ccccc2)nnc1SCC(=O)Nc1ccccc1[N+](=O)[O-]. The minimum absolute atomic E-state index is 0.0483. The highest BCUT2D eigenvalue weighted by Gasteiger charge is 2.17. The second-order valence-electron chi connectivity index (χ2n) is 6.07. The van der Waals surface area contributed by atoms with E-state index in [2.05, 4.69) is 22.1 Å². The van der Waals surface area contributed by atoms with Gasteiger partial charge >= 0.3 is 0 Å². The number of carbonyl (C=O) groups is 1. The Morgan fingerprint density at radius 2 is 1.90 bits per heavy atom. The number of allylic oxidation sites excluding steroid dienone is 1. The average Bonchev–Trinajstić information content (AvgIpc) is 3.09. The van der Waals surface area contributed by atoms with Gasteiger partial charge in [0.1, 0.15) is 11.5 Å². The van der Waals surface area contributed by atoms with Gasteiger partial charge in [-0.1, -0.05) is 60.3 Å². The first kappa shape index (κ1) is 20.3. The lowest BCUT2D eigenvalue weighted by Gasteiger charge is -2.08. The zero-order chi connectivity index (χ0) is 20.6. The van der Waals surface area contributed by atoms with E-state index in [4.69, 9.17) is 0 Å². The van der Waals surface area contributed by atoms with Crippen molar-refractivity contribution < 1.29 is 9.72 Å². The predicted octanol–water partition coefficient (Wildman–Crippen LogP) is 3.69. The maximum Gasteiger partial charge on any atom is 0.292 e. The smallest absolute Gasteiger partial charge is 0.292 e. The number of rotatable bonds is 9. The summed E-state index contributed by atoms with van der Waals surface area (Å²) in [7, 11) is 0. The standard InChI is InChI=1S/C20H19N5O3S/c1-2-12-24-18(13-15-8-4-3-5-9-15)22-23-20(24)29-14-19(26)21-16-10-6-7-11-17(16)25(27)28/h2-11H,1,12-14H2,(H,21,26). The normalized spacial score (nSPS) is 10.5. The van der Waals surface area contributed by atoms with Crippen molar-refractivity contribution in [1.82, 2.24) is 14.8 Å². The summed E-state index contributed by atoms with van der Waals surface area (Å²) in [6.07, 6.45) is 2.36. The number of thioether (sulfide) groups is 1. The number of benzene rings is 2. The second-order valence-corrected chi connectivity index (χ2v) is 7.01. The highest BCUT2D eigenvalue weighted by Crippen LogP contribution is 2.24. The lowest BCUT2D eigenvalue weighted by Crippen LogP contribution is -2.15. The van der Waals surface area contributed by atoms with Crippen LogP contribution < -0.4 is 5.32 Å². The molecule has 148 valence electrons. The summed E-state index contributed by atoms with van der Waals surface area (Å²) in [4.78, 5) is 22.8. The molecule has 9 heteroatoms. The van der Waals surface area contributed by atoms with E-state index in [0.29, 0.717) is 18.1 Å². The van der Waals surface area contributed by atoms with Crippen molar-refractivity contribution in [2.45, 2.75) is 18.1 Å². The molecule has 2 aromatic carbocycles. The summed E-state index contributed by atoms with van der Waals surface area (Å²) in [5.41, 5.74) is 1.13. The van der Waals surface area contributed by atoms with Gasteiger partial charge < -0.3 is 9.88 Å². The molecule has 1 N–H and O–H groups in total. The van der Waals surface area contributed by atoms with Gasteiger partial charge in [-0.15, -0.1) is 16.8 Å². The summed E-state index contributed by atoms with van der Waals surface area (Å²) in [6.45, 7) is 4.29. The van der Waals surface area contributed by atoms with E-state index in [1.54, 1.807) is 18.2 Å². The quantitative estimate of drug-likeness (QED) is 0.250. The van der Waals surface area contributed by atoms with Gasteiger partial charge in [-0.25, -0.2) is 0 Å². The van der Waals surface area contributed by atoms with Crippen LogP contribution in [0.3, 0.4) is 0 Å². The lowest BCUT2D eigenvalue weighted by atomic mass is 10.1. The van der Waals surface area contributed by atoms with Gasteiger partial charge in [0, 0.05) is 19.0 Å². The van der Waals surface area contributed by atoms with Crippen molar-refractivity contribution >= 4 is 29.0 Å². The van der Waals surface area contributed by atoms with Gasteiger partial charge in [-0.3, -0.25) is 14.9 Å². The first-order valence-electron chi connectivity index (χ1n) is 8.81. The van der Waals surface area contributed by atoms with Gasteiger partial charge in [0.2, 0.25) is 5.91 Å². The van der Waals surface area contributed by atoms with E-state index in [9.17, 15) is 14.9 Å². The van der Waals surface area contributed by atoms with E-state index >= 15 is 0 Å². The molecule has 29 heavy (non-hydrogen) atoms. The van der Waals surface area contributed by atoms with E-state index in [1.165, 1.54) is 23.9 Å². The van der Waals surface area contributed by atoms with Crippen molar-refractivity contribution in [3.63, 3.8) is 0 Å². The predicted molar refractivity (Wildman–Crippen MR) is 112 cm³/mol. The maximum absolute atomic E-state index is 12.3. The lowest BCUT2D eigenvalue weighted by molar-refractivity contribution is -0.383. The number of anilines is 1. The van der Waals surface area contributed by atoms with Crippen molar-refractivity contribution in [3.8, 4) is 0 Å². The Bertz CT molecular complexity index is 1020. The van der Waals surface area contributed by atoms with Crippen LogP contribution in [0.5, 0.6) is 0 Å². The zero-order valence-corrected chi connectivity index (χ0v) is 16.3. The number of amides is 1. The minimum Gasteiger partial charge on any atom is -0.320 e. The summed E-state index contributed by atoms with van der Waals surface area (Å²) < 4.78 is 1.91. The first-order valence-corrected chi connectivity index (χ1v) is 9.80. The average molecular weight is 409 g/mol.